The van der Waals surface area contributed by atoms with E-state index in [0.29, 0.717) is 11.1 Å². The van der Waals surface area contributed by atoms with Gasteiger partial charge in [-0.15, -0.1) is 0 Å². The Morgan fingerprint density at radius 3 is 2.07 bits per heavy atom. The lowest BCUT2D eigenvalue weighted by Crippen LogP contribution is -2.16. The predicted octanol–water partition coefficient (Wildman–Crippen LogP) is 3.62. The summed E-state index contributed by atoms with van der Waals surface area (Å²) >= 11 is 0. The van der Waals surface area contributed by atoms with E-state index in [1.165, 1.54) is 6.07 Å². The molecule has 0 aliphatic rings. The summed E-state index contributed by atoms with van der Waals surface area (Å²) in [5.41, 5.74) is 2.05. The van der Waals surface area contributed by atoms with E-state index in [9.17, 15) is 8.78 Å². The summed E-state index contributed by atoms with van der Waals surface area (Å²) in [5.74, 6) is -3.05. The molecule has 15 heavy (non-hydrogen) atoms. The maximum absolute atomic E-state index is 13.6. The highest BCUT2D eigenvalue weighted by atomic mass is 19.3. The minimum Gasteiger partial charge on any atom is -0.200 e. The Morgan fingerprint density at radius 1 is 1.20 bits per heavy atom. The Balaban J connectivity index is 3.32. The van der Waals surface area contributed by atoms with Crippen molar-refractivity contribution in [3.8, 4) is 6.07 Å². The molecule has 0 aliphatic heterocycles. The van der Waals surface area contributed by atoms with Crippen LogP contribution in [0.3, 0.4) is 0 Å². The van der Waals surface area contributed by atoms with Crippen LogP contribution < -0.4 is 0 Å². The molecule has 0 amide bonds. The van der Waals surface area contributed by atoms with Gasteiger partial charge in [0.15, 0.2) is 0 Å². The van der Waals surface area contributed by atoms with Crippen LogP contribution in [0.5, 0.6) is 0 Å². The summed E-state index contributed by atoms with van der Waals surface area (Å²) in [5, 5.41) is 8.37. The van der Waals surface area contributed by atoms with Gasteiger partial charge in [-0.1, -0.05) is 17.7 Å². The molecule has 0 saturated carbocycles. The fourth-order valence-corrected chi connectivity index (χ4v) is 1.94. The molecule has 1 aromatic carbocycles. The molecule has 0 bridgehead atoms. The minimum atomic E-state index is -3.05. The van der Waals surface area contributed by atoms with Crippen molar-refractivity contribution in [1.82, 2.24) is 0 Å². The van der Waals surface area contributed by atoms with Crippen molar-refractivity contribution in [2.75, 3.05) is 0 Å². The number of alkyl halides is 2. The van der Waals surface area contributed by atoms with Crippen LogP contribution in [0, 0.1) is 32.1 Å². The lowest BCUT2D eigenvalue weighted by atomic mass is 9.94. The lowest BCUT2D eigenvalue weighted by molar-refractivity contribution is -0.000304. The molecule has 80 valence electrons. The van der Waals surface area contributed by atoms with Crippen LogP contribution in [-0.4, -0.2) is 0 Å². The largest absolute Gasteiger partial charge is 0.286 e. The summed E-state index contributed by atoms with van der Waals surface area (Å²) in [6.07, 6.45) is -0.766. The third-order valence-corrected chi connectivity index (χ3v) is 2.34. The Labute approximate surface area is 88.3 Å². The van der Waals surface area contributed by atoms with Crippen LogP contribution in [0.2, 0.25) is 0 Å². The fourth-order valence-electron chi connectivity index (χ4n) is 1.94. The van der Waals surface area contributed by atoms with Gasteiger partial charge in [-0.25, -0.2) is 8.78 Å². The quantitative estimate of drug-likeness (QED) is 0.729. The summed E-state index contributed by atoms with van der Waals surface area (Å²) in [6, 6.07) is 4.96. The molecule has 1 aromatic rings. The van der Waals surface area contributed by atoms with Crippen LogP contribution in [0.15, 0.2) is 12.1 Å². The van der Waals surface area contributed by atoms with Crippen molar-refractivity contribution < 1.29 is 8.78 Å². The molecule has 0 aromatic heterocycles. The molecule has 0 atom stereocenters. The van der Waals surface area contributed by atoms with Gasteiger partial charge < -0.3 is 0 Å². The maximum Gasteiger partial charge on any atom is 0.286 e. The zero-order valence-electron chi connectivity index (χ0n) is 9.06. The molecule has 0 fully saturated rings. The topological polar surface area (TPSA) is 23.8 Å². The average molecular weight is 209 g/mol. The molecule has 0 unspecified atom stereocenters. The number of nitriles is 1. The van der Waals surface area contributed by atoms with Crippen molar-refractivity contribution in [2.24, 2.45) is 0 Å². The van der Waals surface area contributed by atoms with Crippen LogP contribution in [0.1, 0.15) is 28.7 Å². The van der Waals surface area contributed by atoms with Crippen molar-refractivity contribution >= 4 is 0 Å². The maximum atomic E-state index is 13.6. The van der Waals surface area contributed by atoms with Crippen LogP contribution >= 0.6 is 0 Å². The number of rotatable bonds is 2. The molecular formula is C12H13F2N. The van der Waals surface area contributed by atoms with Crippen molar-refractivity contribution in [2.45, 2.75) is 33.1 Å². The van der Waals surface area contributed by atoms with Gasteiger partial charge in [0.25, 0.3) is 5.92 Å². The Bertz CT molecular complexity index is 393. The molecule has 1 nitrogen and oxygen atoms in total. The van der Waals surface area contributed by atoms with Crippen molar-refractivity contribution in [3.05, 3.63) is 34.4 Å². The third-order valence-electron chi connectivity index (χ3n) is 2.34. The van der Waals surface area contributed by atoms with E-state index in [4.69, 9.17) is 5.26 Å². The lowest BCUT2D eigenvalue weighted by Gasteiger charge is -2.19. The first kappa shape index (κ1) is 11.6. The van der Waals surface area contributed by atoms with Gasteiger partial charge in [0, 0.05) is 5.56 Å². The van der Waals surface area contributed by atoms with Crippen molar-refractivity contribution in [1.29, 1.82) is 5.26 Å². The smallest absolute Gasteiger partial charge is 0.200 e. The highest BCUT2D eigenvalue weighted by molar-refractivity contribution is 5.40. The molecule has 1 rings (SSSR count). The van der Waals surface area contributed by atoms with Gasteiger partial charge in [-0.3, -0.25) is 0 Å². The summed E-state index contributed by atoms with van der Waals surface area (Å²) in [6.45, 7) is 5.17. The van der Waals surface area contributed by atoms with Crippen molar-refractivity contribution in [3.63, 3.8) is 0 Å². The third kappa shape index (κ3) is 2.33. The molecule has 0 radical (unpaired) electrons. The molecule has 0 spiro atoms. The zero-order chi connectivity index (χ0) is 11.6. The molecule has 0 N–H and O–H groups in total. The first-order chi connectivity index (χ1) is 6.88. The van der Waals surface area contributed by atoms with Gasteiger partial charge in [0.1, 0.15) is 6.42 Å². The number of nitrogens with zero attached hydrogens (tertiary/aromatic N) is 1. The second kappa shape index (κ2) is 3.98. The van der Waals surface area contributed by atoms with E-state index in [1.807, 2.05) is 6.92 Å². The Morgan fingerprint density at radius 2 is 1.67 bits per heavy atom. The SMILES string of the molecule is Cc1cc(C)c(C(F)(F)CC#N)c(C)c1. The highest BCUT2D eigenvalue weighted by Crippen LogP contribution is 2.36. The predicted molar refractivity (Wildman–Crippen MR) is 54.8 cm³/mol. The van der Waals surface area contributed by atoms with Gasteiger partial charge >= 0.3 is 0 Å². The minimum absolute atomic E-state index is 0.00495. The van der Waals surface area contributed by atoms with E-state index in [0.717, 1.165) is 5.56 Å². The van der Waals surface area contributed by atoms with Gasteiger partial charge in [0.2, 0.25) is 0 Å². The van der Waals surface area contributed by atoms with E-state index in [-0.39, 0.29) is 5.56 Å². The summed E-state index contributed by atoms with van der Waals surface area (Å²) < 4.78 is 27.2. The summed E-state index contributed by atoms with van der Waals surface area (Å²) in [4.78, 5) is 0. The molecule has 0 aliphatic carbocycles. The highest BCUT2D eigenvalue weighted by Gasteiger charge is 2.34. The van der Waals surface area contributed by atoms with Crippen LogP contribution in [0.25, 0.3) is 0 Å². The van der Waals surface area contributed by atoms with E-state index in [1.54, 1.807) is 26.0 Å². The molecule has 0 heterocycles. The molecule has 3 heteroatoms. The van der Waals surface area contributed by atoms with Crippen LogP contribution in [0.4, 0.5) is 8.78 Å². The first-order valence-corrected chi connectivity index (χ1v) is 4.71. The molecule has 0 saturated heterocycles. The fraction of sp³-hybridized carbons (Fsp3) is 0.417. The Kier molecular flexibility index (Phi) is 3.09. The number of benzene rings is 1. The Hall–Kier alpha value is -1.43. The monoisotopic (exact) mass is 209 g/mol. The second-order valence-corrected chi connectivity index (χ2v) is 3.81. The zero-order valence-corrected chi connectivity index (χ0v) is 9.06. The summed E-state index contributed by atoms with van der Waals surface area (Å²) in [7, 11) is 0. The first-order valence-electron chi connectivity index (χ1n) is 4.71. The number of hydrogen-bond acceptors (Lipinski definition) is 1. The van der Waals surface area contributed by atoms with Gasteiger partial charge in [-0.05, 0) is 31.9 Å². The van der Waals surface area contributed by atoms with E-state index in [2.05, 4.69) is 0 Å². The van der Waals surface area contributed by atoms with E-state index < -0.39 is 12.3 Å². The standard InChI is InChI=1S/C12H13F2N/c1-8-6-9(2)11(10(3)7-8)12(13,14)4-5-15/h6-7H,4H2,1-3H3. The number of aryl methyl sites for hydroxylation is 3. The second-order valence-electron chi connectivity index (χ2n) is 3.81. The van der Waals surface area contributed by atoms with Gasteiger partial charge in [-0.2, -0.15) is 5.26 Å². The number of hydrogen-bond donors (Lipinski definition) is 0. The number of halogens is 2. The normalized spacial score (nSPS) is 11.2. The van der Waals surface area contributed by atoms with Gasteiger partial charge in [0.05, 0.1) is 6.07 Å². The average Bonchev–Trinajstić information content (AvgIpc) is 1.99. The molecular weight excluding hydrogens is 196 g/mol. The van der Waals surface area contributed by atoms with Crippen LogP contribution in [-0.2, 0) is 5.92 Å². The van der Waals surface area contributed by atoms with E-state index >= 15 is 0 Å².